The molecule has 3 rings (SSSR count). The lowest BCUT2D eigenvalue weighted by Crippen LogP contribution is -2.36. The van der Waals surface area contributed by atoms with Crippen LogP contribution in [0.15, 0.2) is 52.0 Å². The van der Waals surface area contributed by atoms with Gasteiger partial charge in [-0.3, -0.25) is 9.69 Å². The summed E-state index contributed by atoms with van der Waals surface area (Å²) < 4.78 is 32.1. The van der Waals surface area contributed by atoms with Gasteiger partial charge in [-0.25, -0.2) is 8.42 Å². The van der Waals surface area contributed by atoms with Gasteiger partial charge in [-0.1, -0.05) is 13.8 Å². The first-order valence-electron chi connectivity index (χ1n) is 10.1. The van der Waals surface area contributed by atoms with Crippen molar-refractivity contribution in [3.63, 3.8) is 0 Å². The molecule has 1 amide bonds. The van der Waals surface area contributed by atoms with Crippen LogP contribution in [-0.2, 0) is 10.0 Å². The zero-order valence-corrected chi connectivity index (χ0v) is 17.8. The molecule has 2 heterocycles. The highest BCUT2D eigenvalue weighted by Crippen LogP contribution is 2.25. The number of hydrogen-bond donors (Lipinski definition) is 1. The van der Waals surface area contributed by atoms with Crippen LogP contribution in [0.1, 0.15) is 48.8 Å². The van der Waals surface area contributed by atoms with E-state index >= 15 is 0 Å². The molecule has 0 aliphatic carbocycles. The molecule has 0 radical (unpaired) electrons. The Kier molecular flexibility index (Phi) is 7.10. The lowest BCUT2D eigenvalue weighted by molar-refractivity contribution is 0.0933. The number of amides is 1. The minimum Gasteiger partial charge on any atom is -0.468 e. The van der Waals surface area contributed by atoms with Crippen molar-refractivity contribution in [2.75, 3.05) is 32.7 Å². The van der Waals surface area contributed by atoms with Crippen LogP contribution in [0.25, 0.3) is 0 Å². The van der Waals surface area contributed by atoms with Gasteiger partial charge in [0.1, 0.15) is 5.76 Å². The Balaban J connectivity index is 1.67. The number of furan rings is 1. The fraction of sp³-hybridized carbons (Fsp3) is 0.476. The summed E-state index contributed by atoms with van der Waals surface area (Å²) in [5.41, 5.74) is 0.433. The van der Waals surface area contributed by atoms with Crippen LogP contribution in [0.4, 0.5) is 0 Å². The molecule has 1 aliphatic rings. The van der Waals surface area contributed by atoms with E-state index in [4.69, 9.17) is 4.42 Å². The molecule has 0 spiro atoms. The maximum atomic E-state index is 12.6. The molecule has 1 atom stereocenters. The number of nitrogens with one attached hydrogen (secondary N) is 1. The fourth-order valence-electron chi connectivity index (χ4n) is 3.73. The molecule has 2 aromatic rings. The van der Waals surface area contributed by atoms with Crippen LogP contribution in [0, 0.1) is 0 Å². The monoisotopic (exact) mass is 419 g/mol. The van der Waals surface area contributed by atoms with Gasteiger partial charge in [0.2, 0.25) is 10.0 Å². The summed E-state index contributed by atoms with van der Waals surface area (Å²) in [6.45, 7) is 6.83. The van der Waals surface area contributed by atoms with Crippen LogP contribution < -0.4 is 5.32 Å². The van der Waals surface area contributed by atoms with E-state index in [1.807, 2.05) is 12.1 Å². The number of nitrogens with zero attached hydrogens (tertiary/aromatic N) is 2. The van der Waals surface area contributed by atoms with Gasteiger partial charge in [-0.2, -0.15) is 4.31 Å². The van der Waals surface area contributed by atoms with Gasteiger partial charge >= 0.3 is 0 Å². The lowest BCUT2D eigenvalue weighted by atomic mass is 10.1. The summed E-state index contributed by atoms with van der Waals surface area (Å²) in [6, 6.07) is 9.89. The molecule has 0 saturated carbocycles. The Morgan fingerprint density at radius 2 is 1.79 bits per heavy atom. The van der Waals surface area contributed by atoms with E-state index in [2.05, 4.69) is 10.2 Å². The van der Waals surface area contributed by atoms with Crippen molar-refractivity contribution in [1.82, 2.24) is 14.5 Å². The Morgan fingerprint density at radius 1 is 1.14 bits per heavy atom. The second-order valence-electron chi connectivity index (χ2n) is 7.10. The van der Waals surface area contributed by atoms with Crippen molar-refractivity contribution >= 4 is 15.9 Å². The average Bonchev–Trinajstić information content (AvgIpc) is 3.44. The zero-order valence-electron chi connectivity index (χ0n) is 17.0. The van der Waals surface area contributed by atoms with Crippen molar-refractivity contribution in [3.05, 3.63) is 54.0 Å². The number of hydrogen-bond acceptors (Lipinski definition) is 5. The summed E-state index contributed by atoms with van der Waals surface area (Å²) >= 11 is 0. The molecular formula is C21H29N3O4S. The SMILES string of the molecule is CCN(CC)S(=O)(=O)c1ccc(C(=O)NCC(c2ccco2)N2CCCC2)cc1. The number of benzene rings is 1. The molecule has 1 fully saturated rings. The predicted molar refractivity (Wildman–Crippen MR) is 111 cm³/mol. The third-order valence-electron chi connectivity index (χ3n) is 5.37. The fourth-order valence-corrected chi connectivity index (χ4v) is 5.18. The molecule has 8 heteroatoms. The molecule has 158 valence electrons. The number of rotatable bonds is 9. The maximum Gasteiger partial charge on any atom is 0.251 e. The van der Waals surface area contributed by atoms with Crippen molar-refractivity contribution in [2.45, 2.75) is 37.6 Å². The summed E-state index contributed by atoms with van der Waals surface area (Å²) in [5.74, 6) is 0.611. The summed E-state index contributed by atoms with van der Waals surface area (Å²) in [4.78, 5) is 15.1. The maximum absolute atomic E-state index is 12.6. The highest BCUT2D eigenvalue weighted by molar-refractivity contribution is 7.89. The molecule has 7 nitrogen and oxygen atoms in total. The van der Waals surface area contributed by atoms with Crippen LogP contribution in [0.3, 0.4) is 0 Å². The quantitative estimate of drug-likeness (QED) is 0.676. The lowest BCUT2D eigenvalue weighted by Gasteiger charge is -2.26. The van der Waals surface area contributed by atoms with E-state index in [0.717, 1.165) is 31.7 Å². The molecule has 1 aliphatic heterocycles. The molecule has 0 bridgehead atoms. The standard InChI is InChI=1S/C21H29N3O4S/c1-3-24(4-2)29(26,27)18-11-9-17(10-12-18)21(25)22-16-19(20-8-7-15-28-20)23-13-5-6-14-23/h7-12,15,19H,3-6,13-14,16H2,1-2H3,(H,22,25). The van der Waals surface area contributed by atoms with Crippen LogP contribution in [0.5, 0.6) is 0 Å². The third kappa shape index (κ3) is 4.88. The van der Waals surface area contributed by atoms with Crippen molar-refractivity contribution in [1.29, 1.82) is 0 Å². The van der Waals surface area contributed by atoms with Gasteiger partial charge < -0.3 is 9.73 Å². The Labute approximate surface area is 172 Å². The van der Waals surface area contributed by atoms with Crippen LogP contribution in [-0.4, -0.2) is 56.3 Å². The highest BCUT2D eigenvalue weighted by Gasteiger charge is 2.26. The van der Waals surface area contributed by atoms with Crippen molar-refractivity contribution in [3.8, 4) is 0 Å². The van der Waals surface area contributed by atoms with E-state index in [1.165, 1.54) is 16.4 Å². The molecule has 29 heavy (non-hydrogen) atoms. The average molecular weight is 420 g/mol. The number of carbonyl (C=O) groups is 1. The van der Waals surface area contributed by atoms with Crippen LogP contribution >= 0.6 is 0 Å². The second-order valence-corrected chi connectivity index (χ2v) is 9.04. The summed E-state index contributed by atoms with van der Waals surface area (Å²) in [5, 5.41) is 2.97. The molecule has 1 saturated heterocycles. The first-order chi connectivity index (χ1) is 14.0. The Bertz CT molecular complexity index is 885. The Morgan fingerprint density at radius 3 is 2.34 bits per heavy atom. The molecule has 1 aromatic carbocycles. The number of likely N-dealkylation sites (tertiary alicyclic amines) is 1. The first-order valence-corrected chi connectivity index (χ1v) is 11.6. The van der Waals surface area contributed by atoms with Crippen molar-refractivity contribution < 1.29 is 17.6 Å². The number of carbonyl (C=O) groups excluding carboxylic acids is 1. The smallest absolute Gasteiger partial charge is 0.251 e. The van der Waals surface area contributed by atoms with E-state index in [-0.39, 0.29) is 16.8 Å². The van der Waals surface area contributed by atoms with Gasteiger partial charge in [-0.05, 0) is 62.3 Å². The molecule has 1 aromatic heterocycles. The van der Waals surface area contributed by atoms with Gasteiger partial charge in [0.25, 0.3) is 5.91 Å². The predicted octanol–water partition coefficient (Wildman–Crippen LogP) is 2.88. The second kappa shape index (κ2) is 9.56. The highest BCUT2D eigenvalue weighted by atomic mass is 32.2. The first kappa shape index (κ1) is 21.5. The Hall–Kier alpha value is -2.16. The van der Waals surface area contributed by atoms with Gasteiger partial charge in [0.05, 0.1) is 17.2 Å². The van der Waals surface area contributed by atoms with Gasteiger partial charge in [0.15, 0.2) is 0 Å². The minimum absolute atomic E-state index is 0.00114. The van der Waals surface area contributed by atoms with E-state index in [0.29, 0.717) is 25.2 Å². The van der Waals surface area contributed by atoms with Gasteiger partial charge in [-0.15, -0.1) is 0 Å². The molecule has 1 unspecified atom stereocenters. The van der Waals surface area contributed by atoms with Crippen LogP contribution in [0.2, 0.25) is 0 Å². The van der Waals surface area contributed by atoms with Crippen molar-refractivity contribution in [2.24, 2.45) is 0 Å². The van der Waals surface area contributed by atoms with E-state index in [1.54, 1.807) is 32.2 Å². The molecular weight excluding hydrogens is 390 g/mol. The molecule has 1 N–H and O–H groups in total. The van der Waals surface area contributed by atoms with E-state index in [9.17, 15) is 13.2 Å². The number of sulfonamides is 1. The summed E-state index contributed by atoms with van der Waals surface area (Å²) in [6.07, 6.45) is 3.94. The van der Waals surface area contributed by atoms with Gasteiger partial charge in [0, 0.05) is 25.2 Å². The topological polar surface area (TPSA) is 82.9 Å². The normalized spacial score (nSPS) is 16.2. The zero-order chi connectivity index (χ0) is 20.9. The largest absolute Gasteiger partial charge is 0.468 e. The minimum atomic E-state index is -3.53. The summed E-state index contributed by atoms with van der Waals surface area (Å²) in [7, 11) is -3.53. The van der Waals surface area contributed by atoms with E-state index < -0.39 is 10.0 Å². The third-order valence-corrected chi connectivity index (χ3v) is 7.43.